The van der Waals surface area contributed by atoms with Gasteiger partial charge < -0.3 is 5.41 Å². The highest BCUT2D eigenvalue weighted by atomic mass is 14.3. The normalized spacial score (nSPS) is 15.4. The van der Waals surface area contributed by atoms with Crippen molar-refractivity contribution in [3.8, 4) is 0 Å². The molecule has 0 heterocycles. The highest BCUT2D eigenvalue weighted by molar-refractivity contribution is 5.55. The Morgan fingerprint density at radius 1 is 1.38 bits per heavy atom. The van der Waals surface area contributed by atoms with Gasteiger partial charge in [-0.1, -0.05) is 51.0 Å². The first kappa shape index (κ1) is 15.2. The fourth-order valence-corrected chi connectivity index (χ4v) is 1.50. The smallest absolute Gasteiger partial charge is 0.00195 e. The van der Waals surface area contributed by atoms with E-state index in [2.05, 4.69) is 52.8 Å². The summed E-state index contributed by atoms with van der Waals surface area (Å²) in [5.41, 5.74) is 1.59. The Morgan fingerprint density at radius 2 is 2.00 bits per heavy atom. The molecule has 0 aliphatic rings. The van der Waals surface area contributed by atoms with E-state index in [0.29, 0.717) is 5.92 Å². The maximum atomic E-state index is 7.16. The second-order valence-corrected chi connectivity index (χ2v) is 5.39. The Kier molecular flexibility index (Phi) is 7.03. The van der Waals surface area contributed by atoms with Crippen LogP contribution >= 0.6 is 0 Å². The molecule has 0 aliphatic carbocycles. The lowest BCUT2D eigenvalue weighted by atomic mass is 9.85. The Hall–Kier alpha value is -0.850. The van der Waals surface area contributed by atoms with Gasteiger partial charge in [0, 0.05) is 0 Å². The fourth-order valence-electron chi connectivity index (χ4n) is 1.50. The molecule has 1 atom stereocenters. The highest BCUT2D eigenvalue weighted by Gasteiger charge is 2.13. The van der Waals surface area contributed by atoms with E-state index in [1.54, 1.807) is 6.21 Å². The number of nitrogens with one attached hydrogen (secondary N) is 1. The topological polar surface area (TPSA) is 23.9 Å². The van der Waals surface area contributed by atoms with E-state index in [1.807, 2.05) is 0 Å². The van der Waals surface area contributed by atoms with Crippen molar-refractivity contribution in [2.24, 2.45) is 11.3 Å². The maximum Gasteiger partial charge on any atom is -0.00195 e. The van der Waals surface area contributed by atoms with Crippen molar-refractivity contribution < 1.29 is 0 Å². The van der Waals surface area contributed by atoms with Crippen LogP contribution in [0.15, 0.2) is 23.8 Å². The zero-order chi connectivity index (χ0) is 12.6. The second-order valence-electron chi connectivity index (χ2n) is 5.39. The van der Waals surface area contributed by atoms with Crippen LogP contribution in [-0.2, 0) is 0 Å². The average Bonchev–Trinajstić information content (AvgIpc) is 2.25. The molecule has 0 aromatic carbocycles. The second kappa shape index (κ2) is 7.43. The van der Waals surface area contributed by atoms with Crippen molar-refractivity contribution in [3.05, 3.63) is 23.8 Å². The molecule has 1 nitrogen and oxygen atoms in total. The minimum absolute atomic E-state index is 0.270. The summed E-state index contributed by atoms with van der Waals surface area (Å²) in [5, 5.41) is 7.16. The predicted molar refractivity (Wildman–Crippen MR) is 74.2 cm³/mol. The van der Waals surface area contributed by atoms with Gasteiger partial charge in [0.2, 0.25) is 0 Å². The third-order valence-corrected chi connectivity index (χ3v) is 3.02. The van der Waals surface area contributed by atoms with Gasteiger partial charge in [0.1, 0.15) is 0 Å². The molecule has 0 aliphatic heterocycles. The van der Waals surface area contributed by atoms with Crippen LogP contribution in [0, 0.1) is 16.7 Å². The molecule has 0 fully saturated rings. The molecule has 92 valence electrons. The molecule has 0 aromatic heterocycles. The van der Waals surface area contributed by atoms with E-state index < -0.39 is 0 Å². The summed E-state index contributed by atoms with van der Waals surface area (Å²) >= 11 is 0. The number of hydrogen-bond donors (Lipinski definition) is 1. The number of hydrogen-bond acceptors (Lipinski definition) is 1. The first-order valence-electron chi connectivity index (χ1n) is 6.24. The zero-order valence-corrected chi connectivity index (χ0v) is 11.5. The van der Waals surface area contributed by atoms with Gasteiger partial charge in [-0.3, -0.25) is 0 Å². The quantitative estimate of drug-likeness (QED) is 0.462. The summed E-state index contributed by atoms with van der Waals surface area (Å²) in [6.07, 6.45) is 11.7. The van der Waals surface area contributed by atoms with E-state index in [4.69, 9.17) is 5.41 Å². The Bertz CT molecular complexity index is 259. The van der Waals surface area contributed by atoms with Crippen LogP contribution in [0.4, 0.5) is 0 Å². The predicted octanol–water partition coefficient (Wildman–Crippen LogP) is 4.99. The molecule has 1 unspecified atom stereocenters. The molecule has 0 radical (unpaired) electrons. The maximum absolute atomic E-state index is 7.16. The summed E-state index contributed by atoms with van der Waals surface area (Å²) in [5.74, 6) is 0.428. The van der Waals surface area contributed by atoms with Crippen molar-refractivity contribution >= 4 is 6.21 Å². The van der Waals surface area contributed by atoms with Crippen LogP contribution in [0.5, 0.6) is 0 Å². The molecule has 0 bridgehead atoms. The van der Waals surface area contributed by atoms with Crippen LogP contribution < -0.4 is 0 Å². The van der Waals surface area contributed by atoms with Crippen molar-refractivity contribution in [1.82, 2.24) is 0 Å². The summed E-state index contributed by atoms with van der Waals surface area (Å²) < 4.78 is 0. The Morgan fingerprint density at radius 3 is 2.50 bits per heavy atom. The molecule has 0 saturated heterocycles. The average molecular weight is 221 g/mol. The van der Waals surface area contributed by atoms with Gasteiger partial charge in [0.05, 0.1) is 0 Å². The SMILES string of the molecule is CC=C(C)C=CC(C)(C)CCCC(C)C=N. The third kappa shape index (κ3) is 7.44. The van der Waals surface area contributed by atoms with E-state index in [9.17, 15) is 0 Å². The van der Waals surface area contributed by atoms with Crippen LogP contribution in [0.1, 0.15) is 53.9 Å². The molecule has 16 heavy (non-hydrogen) atoms. The summed E-state index contributed by atoms with van der Waals surface area (Å²) in [4.78, 5) is 0. The standard InChI is InChI=1S/C15H27N/c1-6-13(2)9-11-15(4,5)10-7-8-14(3)12-16/h6,9,11-12,14,16H,7-8,10H2,1-5H3. The van der Waals surface area contributed by atoms with Crippen LogP contribution in [0.3, 0.4) is 0 Å². The van der Waals surface area contributed by atoms with Crippen LogP contribution in [0.2, 0.25) is 0 Å². The van der Waals surface area contributed by atoms with E-state index in [-0.39, 0.29) is 5.41 Å². The van der Waals surface area contributed by atoms with Crippen molar-refractivity contribution in [1.29, 1.82) is 5.41 Å². The Balaban J connectivity index is 4.05. The lowest BCUT2D eigenvalue weighted by Gasteiger charge is -2.20. The Labute approximate surface area is 101 Å². The van der Waals surface area contributed by atoms with Gasteiger partial charge in [0.25, 0.3) is 0 Å². The largest absolute Gasteiger partial charge is 0.313 e. The molecule has 1 heteroatoms. The number of rotatable bonds is 7. The molecular weight excluding hydrogens is 194 g/mol. The van der Waals surface area contributed by atoms with Crippen LogP contribution in [-0.4, -0.2) is 6.21 Å². The van der Waals surface area contributed by atoms with Gasteiger partial charge in [-0.25, -0.2) is 0 Å². The molecule has 0 saturated carbocycles. The highest BCUT2D eigenvalue weighted by Crippen LogP contribution is 2.26. The van der Waals surface area contributed by atoms with Crippen molar-refractivity contribution in [3.63, 3.8) is 0 Å². The van der Waals surface area contributed by atoms with E-state index in [0.717, 1.165) is 6.42 Å². The van der Waals surface area contributed by atoms with Gasteiger partial charge in [0.15, 0.2) is 0 Å². The van der Waals surface area contributed by atoms with Gasteiger partial charge in [-0.05, 0) is 44.2 Å². The summed E-state index contributed by atoms with van der Waals surface area (Å²) in [6, 6.07) is 0. The molecule has 1 N–H and O–H groups in total. The van der Waals surface area contributed by atoms with Gasteiger partial charge >= 0.3 is 0 Å². The summed E-state index contributed by atoms with van der Waals surface area (Å²) in [6.45, 7) is 10.9. The van der Waals surface area contributed by atoms with E-state index >= 15 is 0 Å². The first-order valence-corrected chi connectivity index (χ1v) is 6.24. The van der Waals surface area contributed by atoms with Crippen molar-refractivity contribution in [2.75, 3.05) is 0 Å². The molecule has 0 rings (SSSR count). The summed E-state index contributed by atoms with van der Waals surface area (Å²) in [7, 11) is 0. The molecule has 0 amide bonds. The van der Waals surface area contributed by atoms with Gasteiger partial charge in [-0.15, -0.1) is 0 Å². The van der Waals surface area contributed by atoms with Crippen molar-refractivity contribution in [2.45, 2.75) is 53.9 Å². The fraction of sp³-hybridized carbons (Fsp3) is 0.667. The molecule has 0 spiro atoms. The third-order valence-electron chi connectivity index (χ3n) is 3.02. The lowest BCUT2D eigenvalue weighted by Crippen LogP contribution is -2.08. The zero-order valence-electron chi connectivity index (χ0n) is 11.5. The molecular formula is C15H27N. The minimum Gasteiger partial charge on any atom is -0.313 e. The minimum atomic E-state index is 0.270. The monoisotopic (exact) mass is 221 g/mol. The van der Waals surface area contributed by atoms with Crippen LogP contribution in [0.25, 0.3) is 0 Å². The molecule has 0 aromatic rings. The lowest BCUT2D eigenvalue weighted by molar-refractivity contribution is 0.405. The number of allylic oxidation sites excluding steroid dienone is 4. The van der Waals surface area contributed by atoms with E-state index in [1.165, 1.54) is 18.4 Å². The first-order chi connectivity index (χ1) is 7.41. The van der Waals surface area contributed by atoms with Gasteiger partial charge in [-0.2, -0.15) is 0 Å².